The van der Waals surface area contributed by atoms with Gasteiger partial charge in [0.2, 0.25) is 9.76 Å². The summed E-state index contributed by atoms with van der Waals surface area (Å²) in [4.78, 5) is 0. The molecule has 0 aliphatic carbocycles. The lowest BCUT2D eigenvalue weighted by atomic mass is 10.3. The number of benzene rings is 3. The molecule has 0 radical (unpaired) electrons. The van der Waals surface area contributed by atoms with Gasteiger partial charge < -0.3 is 13.9 Å². The molecule has 0 aliphatic rings. The van der Waals surface area contributed by atoms with Crippen LogP contribution in [0.2, 0.25) is 0 Å². The summed E-state index contributed by atoms with van der Waals surface area (Å²) in [6.45, 7) is -0.758. The van der Waals surface area contributed by atoms with Crippen LogP contribution in [0, 0.1) is 0 Å². The Morgan fingerprint density at radius 1 is 0.565 bits per heavy atom. The second-order valence-corrected chi connectivity index (χ2v) is 6.39. The number of ether oxygens (including phenoxy) is 2. The standard InChI is InChI=1S/C19H18O3Si/c1-4-10-16(11-5-1)20-19(21-17-12-6-2-7-13-17)22-23-18-14-8-3-9-15-18/h1-15,19H,23H2. The molecule has 0 saturated carbocycles. The molecule has 0 spiro atoms. The first kappa shape index (κ1) is 15.3. The molecule has 0 saturated heterocycles. The van der Waals surface area contributed by atoms with Gasteiger partial charge in [-0.15, -0.1) is 0 Å². The zero-order chi connectivity index (χ0) is 15.7. The fraction of sp³-hybridized carbons (Fsp3) is 0.0526. The average Bonchev–Trinajstić information content (AvgIpc) is 2.62. The van der Waals surface area contributed by atoms with Gasteiger partial charge in [-0.3, -0.25) is 0 Å². The Morgan fingerprint density at radius 2 is 1.00 bits per heavy atom. The molecule has 0 heterocycles. The van der Waals surface area contributed by atoms with Crippen molar-refractivity contribution in [1.82, 2.24) is 0 Å². The van der Waals surface area contributed by atoms with E-state index in [0.717, 1.165) is 11.5 Å². The summed E-state index contributed by atoms with van der Waals surface area (Å²) in [5, 5.41) is 1.20. The van der Waals surface area contributed by atoms with Crippen LogP contribution in [-0.2, 0) is 4.43 Å². The highest BCUT2D eigenvalue weighted by Crippen LogP contribution is 2.16. The van der Waals surface area contributed by atoms with Crippen molar-refractivity contribution in [3.05, 3.63) is 91.0 Å². The summed E-state index contributed by atoms with van der Waals surface area (Å²) in [5.74, 6) is 1.44. The van der Waals surface area contributed by atoms with Crippen molar-refractivity contribution in [2.45, 2.75) is 6.48 Å². The van der Waals surface area contributed by atoms with Crippen LogP contribution in [0.5, 0.6) is 11.5 Å². The molecule has 0 aromatic heterocycles. The third-order valence-electron chi connectivity index (χ3n) is 3.18. The lowest BCUT2D eigenvalue weighted by Crippen LogP contribution is -2.32. The van der Waals surface area contributed by atoms with Gasteiger partial charge in [-0.1, -0.05) is 66.7 Å². The van der Waals surface area contributed by atoms with Crippen molar-refractivity contribution < 1.29 is 13.9 Å². The average molecular weight is 322 g/mol. The predicted octanol–water partition coefficient (Wildman–Crippen LogP) is 2.85. The fourth-order valence-electron chi connectivity index (χ4n) is 2.05. The fourth-order valence-corrected chi connectivity index (χ4v) is 2.98. The van der Waals surface area contributed by atoms with Crippen molar-refractivity contribution in [1.29, 1.82) is 0 Å². The monoisotopic (exact) mass is 322 g/mol. The Hall–Kier alpha value is -2.56. The molecule has 0 fully saturated rings. The predicted molar refractivity (Wildman–Crippen MR) is 93.6 cm³/mol. The second-order valence-electron chi connectivity index (χ2n) is 4.95. The second kappa shape index (κ2) is 8.17. The Balaban J connectivity index is 1.67. The van der Waals surface area contributed by atoms with E-state index in [9.17, 15) is 0 Å². The summed E-state index contributed by atoms with van der Waals surface area (Å²) in [5.41, 5.74) is 0. The lowest BCUT2D eigenvalue weighted by molar-refractivity contribution is -0.139. The Morgan fingerprint density at radius 3 is 1.48 bits per heavy atom. The summed E-state index contributed by atoms with van der Waals surface area (Å²) in [7, 11) is -0.941. The van der Waals surface area contributed by atoms with Gasteiger partial charge in [0.1, 0.15) is 11.5 Å². The summed E-state index contributed by atoms with van der Waals surface area (Å²) in [6.07, 6.45) is 0. The molecular formula is C19H18O3Si. The van der Waals surface area contributed by atoms with Gasteiger partial charge in [0, 0.05) is 0 Å². The molecule has 0 amide bonds. The maximum atomic E-state index is 5.93. The van der Waals surface area contributed by atoms with Crippen LogP contribution in [-0.4, -0.2) is 16.2 Å². The zero-order valence-electron chi connectivity index (χ0n) is 12.7. The molecule has 0 aliphatic heterocycles. The van der Waals surface area contributed by atoms with Crippen LogP contribution in [0.3, 0.4) is 0 Å². The zero-order valence-corrected chi connectivity index (χ0v) is 14.1. The van der Waals surface area contributed by atoms with E-state index < -0.39 is 16.2 Å². The van der Waals surface area contributed by atoms with Gasteiger partial charge in [-0.05, 0) is 29.5 Å². The molecule has 116 valence electrons. The van der Waals surface area contributed by atoms with E-state index in [0.29, 0.717) is 0 Å². The third kappa shape index (κ3) is 4.98. The van der Waals surface area contributed by atoms with Crippen molar-refractivity contribution >= 4 is 14.9 Å². The third-order valence-corrected chi connectivity index (χ3v) is 4.42. The molecule has 23 heavy (non-hydrogen) atoms. The maximum absolute atomic E-state index is 5.93. The minimum atomic E-state index is -0.941. The van der Waals surface area contributed by atoms with E-state index in [-0.39, 0.29) is 0 Å². The van der Waals surface area contributed by atoms with Crippen LogP contribution in [0.15, 0.2) is 91.0 Å². The Bertz CT molecular complexity index is 648. The minimum absolute atomic E-state index is 0.718. The van der Waals surface area contributed by atoms with Crippen LogP contribution in [0.4, 0.5) is 0 Å². The normalized spacial score (nSPS) is 11.0. The van der Waals surface area contributed by atoms with Gasteiger partial charge in [0.15, 0.2) is 0 Å². The summed E-state index contributed by atoms with van der Waals surface area (Å²) in [6, 6.07) is 29.2. The van der Waals surface area contributed by atoms with Crippen molar-refractivity contribution in [2.24, 2.45) is 0 Å². The minimum Gasteiger partial charge on any atom is -0.433 e. The van der Waals surface area contributed by atoms with Crippen molar-refractivity contribution in [3.63, 3.8) is 0 Å². The summed E-state index contributed by atoms with van der Waals surface area (Å²) < 4.78 is 17.6. The largest absolute Gasteiger partial charge is 0.433 e. The number of para-hydroxylation sites is 2. The van der Waals surface area contributed by atoms with Crippen molar-refractivity contribution in [3.8, 4) is 11.5 Å². The van der Waals surface area contributed by atoms with E-state index in [2.05, 4.69) is 12.1 Å². The van der Waals surface area contributed by atoms with Gasteiger partial charge >= 0.3 is 6.48 Å². The summed E-state index contributed by atoms with van der Waals surface area (Å²) >= 11 is 0. The van der Waals surface area contributed by atoms with Crippen LogP contribution in [0.25, 0.3) is 0 Å². The SMILES string of the molecule is c1ccc(OC(O[SiH2]c2ccccc2)Oc2ccccc2)cc1. The van der Waals surface area contributed by atoms with E-state index >= 15 is 0 Å². The highest BCUT2D eigenvalue weighted by atomic mass is 28.2. The quantitative estimate of drug-likeness (QED) is 0.494. The first-order valence-corrected chi connectivity index (χ1v) is 8.77. The maximum Gasteiger partial charge on any atom is 0.351 e. The molecular weight excluding hydrogens is 304 g/mol. The molecule has 4 heteroatoms. The molecule has 3 aromatic carbocycles. The smallest absolute Gasteiger partial charge is 0.351 e. The molecule has 3 rings (SSSR count). The lowest BCUT2D eigenvalue weighted by Gasteiger charge is -2.20. The first-order chi connectivity index (χ1) is 11.4. The van der Waals surface area contributed by atoms with E-state index in [1.165, 1.54) is 5.19 Å². The van der Waals surface area contributed by atoms with E-state index in [1.807, 2.05) is 78.9 Å². The highest BCUT2D eigenvalue weighted by molar-refractivity contribution is 6.46. The number of hydrogen-bond acceptors (Lipinski definition) is 3. The van der Waals surface area contributed by atoms with Crippen molar-refractivity contribution in [2.75, 3.05) is 0 Å². The number of rotatable bonds is 7. The van der Waals surface area contributed by atoms with Gasteiger partial charge in [-0.2, -0.15) is 0 Å². The topological polar surface area (TPSA) is 27.7 Å². The van der Waals surface area contributed by atoms with Gasteiger partial charge in [-0.25, -0.2) is 0 Å². The highest BCUT2D eigenvalue weighted by Gasteiger charge is 2.13. The molecule has 0 bridgehead atoms. The van der Waals surface area contributed by atoms with Gasteiger partial charge in [0.05, 0.1) is 0 Å². The Labute approximate surface area is 138 Å². The van der Waals surface area contributed by atoms with E-state index in [1.54, 1.807) is 0 Å². The molecule has 0 unspecified atom stereocenters. The van der Waals surface area contributed by atoms with Crippen LogP contribution in [0.1, 0.15) is 0 Å². The van der Waals surface area contributed by atoms with E-state index in [4.69, 9.17) is 13.9 Å². The number of hydrogen-bond donors (Lipinski definition) is 0. The molecule has 3 aromatic rings. The van der Waals surface area contributed by atoms with Crippen LogP contribution < -0.4 is 14.7 Å². The van der Waals surface area contributed by atoms with Gasteiger partial charge in [0.25, 0.3) is 0 Å². The first-order valence-electron chi connectivity index (χ1n) is 7.49. The Kier molecular flexibility index (Phi) is 5.45. The van der Waals surface area contributed by atoms with Crippen LogP contribution >= 0.6 is 0 Å². The molecule has 0 atom stereocenters. The molecule has 3 nitrogen and oxygen atoms in total. The molecule has 0 N–H and O–H groups in total.